The molecule has 0 aromatic carbocycles. The first-order valence-electron chi connectivity index (χ1n) is 7.21. The third-order valence-electron chi connectivity index (χ3n) is 3.80. The second-order valence-electron chi connectivity index (χ2n) is 5.47. The van der Waals surface area contributed by atoms with E-state index in [9.17, 15) is 4.79 Å². The minimum Gasteiger partial charge on any atom is -0.383 e. The predicted octanol–water partition coefficient (Wildman–Crippen LogP) is 2.66. The molecule has 1 aliphatic carbocycles. The Hall–Kier alpha value is -1.37. The zero-order valence-corrected chi connectivity index (χ0v) is 14.0. The van der Waals surface area contributed by atoms with Crippen molar-refractivity contribution in [2.75, 3.05) is 0 Å². The Labute approximate surface area is 132 Å². The number of carbonyl (C=O) groups excluding carboxylic acids is 1. The molecular weight excluding hydrogens is 336 g/mol. The fraction of sp³-hybridized carbons (Fsp3) is 0.643. The molecule has 7 heteroatoms. The number of aryl methyl sites for hydroxylation is 1. The summed E-state index contributed by atoms with van der Waals surface area (Å²) in [7, 11) is 0. The van der Waals surface area contributed by atoms with Gasteiger partial charge in [-0.1, -0.05) is 24.4 Å². The van der Waals surface area contributed by atoms with Crippen molar-refractivity contribution in [1.29, 1.82) is 0 Å². The molecule has 0 amide bonds. The SMILES string of the molecule is Cc1nn(C/C(N)=N\OC(=O)C2CCCCC2)c(C)c1Br. The largest absolute Gasteiger partial charge is 0.383 e. The quantitative estimate of drug-likeness (QED) is 0.389. The van der Waals surface area contributed by atoms with Gasteiger partial charge in [0.05, 0.1) is 21.8 Å². The minimum absolute atomic E-state index is 0.0295. The second kappa shape index (κ2) is 7.06. The van der Waals surface area contributed by atoms with Crippen LogP contribution in [0.3, 0.4) is 0 Å². The fourth-order valence-corrected chi connectivity index (χ4v) is 2.81. The van der Waals surface area contributed by atoms with Crippen LogP contribution in [0, 0.1) is 19.8 Å². The Kier molecular flexibility index (Phi) is 5.39. The molecule has 2 rings (SSSR count). The zero-order chi connectivity index (χ0) is 15.4. The summed E-state index contributed by atoms with van der Waals surface area (Å²) < 4.78 is 2.68. The number of nitrogens with two attached hydrogens (primary N) is 1. The molecule has 0 bridgehead atoms. The first-order chi connectivity index (χ1) is 9.99. The molecule has 0 unspecified atom stereocenters. The smallest absolute Gasteiger partial charge is 0.338 e. The third kappa shape index (κ3) is 4.06. The molecule has 1 aliphatic rings. The topological polar surface area (TPSA) is 82.5 Å². The van der Waals surface area contributed by atoms with Crippen molar-refractivity contribution in [1.82, 2.24) is 9.78 Å². The number of rotatable bonds is 4. The van der Waals surface area contributed by atoms with E-state index in [2.05, 4.69) is 26.2 Å². The summed E-state index contributed by atoms with van der Waals surface area (Å²) in [6.07, 6.45) is 5.14. The van der Waals surface area contributed by atoms with Crippen LogP contribution in [0.5, 0.6) is 0 Å². The van der Waals surface area contributed by atoms with Gasteiger partial charge in [0.15, 0.2) is 5.84 Å². The Balaban J connectivity index is 1.91. The standard InChI is InChI=1S/C14H21BrN4O2/c1-9-13(15)10(2)19(17-9)8-12(16)18-21-14(20)11-6-4-3-5-7-11/h11H,3-8H2,1-2H3,(H2,16,18). The number of halogens is 1. The summed E-state index contributed by atoms with van der Waals surface area (Å²) in [5, 5.41) is 8.08. The molecule has 0 saturated heterocycles. The van der Waals surface area contributed by atoms with Gasteiger partial charge in [-0.25, -0.2) is 4.79 Å². The van der Waals surface area contributed by atoms with Gasteiger partial charge in [-0.3, -0.25) is 4.68 Å². The number of carbonyl (C=O) groups is 1. The normalized spacial score (nSPS) is 17.0. The summed E-state index contributed by atoms with van der Waals surface area (Å²) in [6, 6.07) is 0. The van der Waals surface area contributed by atoms with Gasteiger partial charge in [-0.05, 0) is 42.6 Å². The van der Waals surface area contributed by atoms with Crippen molar-refractivity contribution in [3.8, 4) is 0 Å². The van der Waals surface area contributed by atoms with Gasteiger partial charge >= 0.3 is 5.97 Å². The highest BCUT2D eigenvalue weighted by molar-refractivity contribution is 9.10. The summed E-state index contributed by atoms with van der Waals surface area (Å²) >= 11 is 3.45. The molecule has 0 spiro atoms. The van der Waals surface area contributed by atoms with Crippen LogP contribution in [0.15, 0.2) is 9.63 Å². The van der Waals surface area contributed by atoms with Gasteiger partial charge in [0.2, 0.25) is 0 Å². The summed E-state index contributed by atoms with van der Waals surface area (Å²) in [4.78, 5) is 16.8. The van der Waals surface area contributed by atoms with Crippen LogP contribution in [0.4, 0.5) is 0 Å². The van der Waals surface area contributed by atoms with Gasteiger partial charge in [-0.2, -0.15) is 5.10 Å². The summed E-state index contributed by atoms with van der Waals surface area (Å²) in [5.41, 5.74) is 7.66. The van der Waals surface area contributed by atoms with Crippen LogP contribution >= 0.6 is 15.9 Å². The minimum atomic E-state index is -0.271. The van der Waals surface area contributed by atoms with Gasteiger partial charge < -0.3 is 10.6 Å². The first-order valence-corrected chi connectivity index (χ1v) is 8.01. The highest BCUT2D eigenvalue weighted by atomic mass is 79.9. The van der Waals surface area contributed by atoms with Crippen molar-refractivity contribution in [2.24, 2.45) is 16.8 Å². The maximum Gasteiger partial charge on any atom is 0.338 e. The molecule has 1 aromatic heterocycles. The number of aromatic nitrogens is 2. The maximum absolute atomic E-state index is 11.9. The lowest BCUT2D eigenvalue weighted by Crippen LogP contribution is -2.24. The Bertz CT molecular complexity index is 547. The third-order valence-corrected chi connectivity index (χ3v) is 4.94. The second-order valence-corrected chi connectivity index (χ2v) is 6.26. The van der Waals surface area contributed by atoms with Crippen LogP contribution < -0.4 is 5.73 Å². The van der Waals surface area contributed by atoms with Gasteiger partial charge in [0.1, 0.15) is 6.54 Å². The van der Waals surface area contributed by atoms with Crippen molar-refractivity contribution in [3.63, 3.8) is 0 Å². The van der Waals surface area contributed by atoms with E-state index in [0.717, 1.165) is 41.5 Å². The van der Waals surface area contributed by atoms with Crippen molar-refractivity contribution in [3.05, 3.63) is 15.9 Å². The van der Waals surface area contributed by atoms with E-state index >= 15 is 0 Å². The van der Waals surface area contributed by atoms with Crippen LogP contribution in [0.2, 0.25) is 0 Å². The number of nitrogens with zero attached hydrogens (tertiary/aromatic N) is 3. The molecule has 2 N–H and O–H groups in total. The molecular formula is C14H21BrN4O2. The molecule has 116 valence electrons. The predicted molar refractivity (Wildman–Crippen MR) is 83.7 cm³/mol. The Morgan fingerprint density at radius 1 is 1.43 bits per heavy atom. The van der Waals surface area contributed by atoms with E-state index < -0.39 is 0 Å². The molecule has 0 aliphatic heterocycles. The van der Waals surface area contributed by atoms with Gasteiger partial charge in [0, 0.05) is 0 Å². The van der Waals surface area contributed by atoms with Gasteiger partial charge in [0.25, 0.3) is 0 Å². The van der Waals surface area contributed by atoms with Crippen LogP contribution in [0.1, 0.15) is 43.5 Å². The summed E-state index contributed by atoms with van der Waals surface area (Å²) in [6.45, 7) is 4.14. The zero-order valence-electron chi connectivity index (χ0n) is 12.4. The van der Waals surface area contributed by atoms with E-state index in [1.807, 2.05) is 13.8 Å². The first kappa shape index (κ1) is 16.0. The number of amidine groups is 1. The summed E-state index contributed by atoms with van der Waals surface area (Å²) in [5.74, 6) is -0.0670. The molecule has 6 nitrogen and oxygen atoms in total. The lowest BCUT2D eigenvalue weighted by Gasteiger charge is -2.18. The van der Waals surface area contributed by atoms with Crippen molar-refractivity contribution >= 4 is 27.7 Å². The lowest BCUT2D eigenvalue weighted by molar-refractivity contribution is -0.149. The molecule has 0 radical (unpaired) electrons. The van der Waals surface area contributed by atoms with E-state index in [4.69, 9.17) is 10.6 Å². The molecule has 1 aromatic rings. The highest BCUT2D eigenvalue weighted by Gasteiger charge is 2.23. The highest BCUT2D eigenvalue weighted by Crippen LogP contribution is 2.24. The molecule has 1 fully saturated rings. The number of hydrogen-bond donors (Lipinski definition) is 1. The monoisotopic (exact) mass is 356 g/mol. The van der Waals surface area contributed by atoms with E-state index in [1.54, 1.807) is 4.68 Å². The van der Waals surface area contributed by atoms with Crippen LogP contribution in [-0.2, 0) is 16.2 Å². The van der Waals surface area contributed by atoms with E-state index in [1.165, 1.54) is 6.42 Å². The fourth-order valence-electron chi connectivity index (χ4n) is 2.53. The van der Waals surface area contributed by atoms with E-state index in [-0.39, 0.29) is 17.7 Å². The maximum atomic E-state index is 11.9. The molecule has 21 heavy (non-hydrogen) atoms. The average Bonchev–Trinajstić information content (AvgIpc) is 2.73. The Morgan fingerprint density at radius 2 is 2.10 bits per heavy atom. The van der Waals surface area contributed by atoms with Crippen molar-refractivity contribution < 1.29 is 9.63 Å². The van der Waals surface area contributed by atoms with Gasteiger partial charge in [-0.15, -0.1) is 0 Å². The Morgan fingerprint density at radius 3 is 2.67 bits per heavy atom. The number of hydrogen-bond acceptors (Lipinski definition) is 4. The molecule has 0 atom stereocenters. The van der Waals surface area contributed by atoms with Crippen LogP contribution in [0.25, 0.3) is 0 Å². The molecule has 1 saturated carbocycles. The van der Waals surface area contributed by atoms with Crippen molar-refractivity contribution in [2.45, 2.75) is 52.5 Å². The number of oxime groups is 1. The lowest BCUT2D eigenvalue weighted by atomic mass is 9.89. The average molecular weight is 357 g/mol. The molecule has 1 heterocycles. The van der Waals surface area contributed by atoms with E-state index in [0.29, 0.717) is 6.54 Å². The van der Waals surface area contributed by atoms with Crippen LogP contribution in [-0.4, -0.2) is 21.6 Å².